The molecule has 0 radical (unpaired) electrons. The standard InChI is InChI=1S/C13H26O2/c1-7-8-12(4)13(9-14-5,10-15-6)11(2)3/h7-8,11-12H,9-10H2,1-6H3. The van der Waals surface area contributed by atoms with E-state index in [9.17, 15) is 0 Å². The Bertz CT molecular complexity index is 179. The van der Waals surface area contributed by atoms with Gasteiger partial charge in [0, 0.05) is 19.6 Å². The van der Waals surface area contributed by atoms with Crippen molar-refractivity contribution in [3.05, 3.63) is 12.2 Å². The molecule has 0 aromatic heterocycles. The Morgan fingerprint density at radius 1 is 1.07 bits per heavy atom. The lowest BCUT2D eigenvalue weighted by Gasteiger charge is -2.40. The van der Waals surface area contributed by atoms with Gasteiger partial charge in [-0.2, -0.15) is 0 Å². The molecule has 15 heavy (non-hydrogen) atoms. The number of hydrogen-bond donors (Lipinski definition) is 0. The summed E-state index contributed by atoms with van der Waals surface area (Å²) in [5.41, 5.74) is 0.0794. The first kappa shape index (κ1) is 14.7. The molecule has 0 rings (SSSR count). The Kier molecular flexibility index (Phi) is 6.86. The van der Waals surface area contributed by atoms with E-state index in [1.807, 2.05) is 0 Å². The number of hydrogen-bond acceptors (Lipinski definition) is 2. The third-order valence-electron chi connectivity index (χ3n) is 3.36. The van der Waals surface area contributed by atoms with E-state index in [4.69, 9.17) is 9.47 Å². The number of methoxy groups -OCH3 is 2. The molecule has 0 spiro atoms. The molecule has 1 atom stereocenters. The van der Waals surface area contributed by atoms with Crippen LogP contribution >= 0.6 is 0 Å². The Hall–Kier alpha value is -0.340. The van der Waals surface area contributed by atoms with Gasteiger partial charge in [-0.15, -0.1) is 0 Å². The summed E-state index contributed by atoms with van der Waals surface area (Å²) in [6.07, 6.45) is 4.34. The minimum absolute atomic E-state index is 0.0794. The molecule has 0 saturated carbocycles. The first-order chi connectivity index (χ1) is 7.05. The number of ether oxygens (including phenoxy) is 2. The fourth-order valence-electron chi connectivity index (χ4n) is 2.18. The van der Waals surface area contributed by atoms with Crippen molar-refractivity contribution in [2.75, 3.05) is 27.4 Å². The van der Waals surface area contributed by atoms with Gasteiger partial charge in [0.1, 0.15) is 0 Å². The molecule has 0 amide bonds. The van der Waals surface area contributed by atoms with Gasteiger partial charge in [-0.1, -0.05) is 32.9 Å². The second-order valence-electron chi connectivity index (χ2n) is 4.57. The molecule has 2 heteroatoms. The molecule has 0 bridgehead atoms. The van der Waals surface area contributed by atoms with Gasteiger partial charge in [0.05, 0.1) is 13.2 Å². The van der Waals surface area contributed by atoms with Crippen LogP contribution in [-0.4, -0.2) is 27.4 Å². The monoisotopic (exact) mass is 214 g/mol. The molecule has 0 aromatic rings. The average Bonchev–Trinajstić information content (AvgIpc) is 2.17. The van der Waals surface area contributed by atoms with Crippen LogP contribution in [0.4, 0.5) is 0 Å². The highest BCUT2D eigenvalue weighted by Gasteiger charge is 2.38. The molecule has 0 aromatic carbocycles. The van der Waals surface area contributed by atoms with Gasteiger partial charge in [0.15, 0.2) is 0 Å². The third-order valence-corrected chi connectivity index (χ3v) is 3.36. The fraction of sp³-hybridized carbons (Fsp3) is 0.846. The molecule has 0 saturated heterocycles. The summed E-state index contributed by atoms with van der Waals surface area (Å²) < 4.78 is 10.7. The second kappa shape index (κ2) is 7.02. The van der Waals surface area contributed by atoms with Crippen LogP contribution in [0.1, 0.15) is 27.7 Å². The van der Waals surface area contributed by atoms with Crippen LogP contribution in [-0.2, 0) is 9.47 Å². The van der Waals surface area contributed by atoms with E-state index >= 15 is 0 Å². The number of rotatable bonds is 7. The largest absolute Gasteiger partial charge is 0.384 e. The van der Waals surface area contributed by atoms with Gasteiger partial charge in [0.2, 0.25) is 0 Å². The van der Waals surface area contributed by atoms with Crippen LogP contribution in [0.25, 0.3) is 0 Å². The quantitative estimate of drug-likeness (QED) is 0.606. The van der Waals surface area contributed by atoms with Gasteiger partial charge in [-0.25, -0.2) is 0 Å². The molecule has 0 aliphatic rings. The summed E-state index contributed by atoms with van der Waals surface area (Å²) in [6.45, 7) is 10.2. The Morgan fingerprint density at radius 2 is 1.53 bits per heavy atom. The lowest BCUT2D eigenvalue weighted by atomic mass is 9.69. The SMILES string of the molecule is CC=CC(C)C(COC)(COC)C(C)C. The van der Waals surface area contributed by atoms with Crippen molar-refractivity contribution in [1.82, 2.24) is 0 Å². The molecule has 1 unspecified atom stereocenters. The molecule has 90 valence electrons. The zero-order valence-electron chi connectivity index (χ0n) is 11.0. The van der Waals surface area contributed by atoms with Crippen molar-refractivity contribution < 1.29 is 9.47 Å². The molecular weight excluding hydrogens is 188 g/mol. The average molecular weight is 214 g/mol. The molecule has 0 aliphatic carbocycles. The van der Waals surface area contributed by atoms with E-state index in [-0.39, 0.29) is 5.41 Å². The summed E-state index contributed by atoms with van der Waals surface area (Å²) in [6, 6.07) is 0. The van der Waals surface area contributed by atoms with E-state index in [2.05, 4.69) is 39.8 Å². The summed E-state index contributed by atoms with van der Waals surface area (Å²) in [5, 5.41) is 0. The van der Waals surface area contributed by atoms with Crippen molar-refractivity contribution in [3.63, 3.8) is 0 Å². The van der Waals surface area contributed by atoms with E-state index in [1.165, 1.54) is 0 Å². The lowest BCUT2D eigenvalue weighted by Crippen LogP contribution is -2.42. The van der Waals surface area contributed by atoms with Crippen molar-refractivity contribution in [3.8, 4) is 0 Å². The van der Waals surface area contributed by atoms with E-state index in [0.717, 1.165) is 13.2 Å². The maximum absolute atomic E-state index is 5.37. The van der Waals surface area contributed by atoms with Crippen molar-refractivity contribution in [2.24, 2.45) is 17.3 Å². The third kappa shape index (κ3) is 3.62. The molecular formula is C13H26O2. The molecule has 2 nitrogen and oxygen atoms in total. The van der Waals surface area contributed by atoms with Crippen LogP contribution in [0.3, 0.4) is 0 Å². The number of allylic oxidation sites excluding steroid dienone is 2. The highest BCUT2D eigenvalue weighted by atomic mass is 16.5. The second-order valence-corrected chi connectivity index (χ2v) is 4.57. The topological polar surface area (TPSA) is 18.5 Å². The highest BCUT2D eigenvalue weighted by Crippen LogP contribution is 2.37. The summed E-state index contributed by atoms with van der Waals surface area (Å²) in [5.74, 6) is 0.992. The lowest BCUT2D eigenvalue weighted by molar-refractivity contribution is -0.0441. The summed E-state index contributed by atoms with van der Waals surface area (Å²) in [7, 11) is 3.52. The van der Waals surface area contributed by atoms with E-state index in [1.54, 1.807) is 14.2 Å². The van der Waals surface area contributed by atoms with Crippen molar-refractivity contribution in [1.29, 1.82) is 0 Å². The van der Waals surface area contributed by atoms with E-state index in [0.29, 0.717) is 11.8 Å². The Morgan fingerprint density at radius 3 is 1.80 bits per heavy atom. The van der Waals surface area contributed by atoms with Crippen molar-refractivity contribution >= 4 is 0 Å². The fourth-order valence-corrected chi connectivity index (χ4v) is 2.18. The zero-order valence-corrected chi connectivity index (χ0v) is 11.0. The van der Waals surface area contributed by atoms with Gasteiger partial charge < -0.3 is 9.47 Å². The maximum Gasteiger partial charge on any atom is 0.0548 e. The predicted molar refractivity (Wildman–Crippen MR) is 65.0 cm³/mol. The predicted octanol–water partition coefficient (Wildman–Crippen LogP) is 3.13. The van der Waals surface area contributed by atoms with Gasteiger partial charge in [-0.3, -0.25) is 0 Å². The van der Waals surface area contributed by atoms with Crippen LogP contribution in [0, 0.1) is 17.3 Å². The Balaban J connectivity index is 4.91. The highest BCUT2D eigenvalue weighted by molar-refractivity contribution is 4.97. The summed E-state index contributed by atoms with van der Waals surface area (Å²) in [4.78, 5) is 0. The van der Waals surface area contributed by atoms with Gasteiger partial charge in [-0.05, 0) is 18.8 Å². The van der Waals surface area contributed by atoms with Crippen LogP contribution in [0.5, 0.6) is 0 Å². The van der Waals surface area contributed by atoms with Crippen molar-refractivity contribution in [2.45, 2.75) is 27.7 Å². The van der Waals surface area contributed by atoms with Crippen LogP contribution < -0.4 is 0 Å². The molecule has 0 heterocycles. The summed E-state index contributed by atoms with van der Waals surface area (Å²) >= 11 is 0. The smallest absolute Gasteiger partial charge is 0.0548 e. The molecule has 0 N–H and O–H groups in total. The van der Waals surface area contributed by atoms with Gasteiger partial charge >= 0.3 is 0 Å². The van der Waals surface area contributed by atoms with E-state index < -0.39 is 0 Å². The minimum atomic E-state index is 0.0794. The van der Waals surface area contributed by atoms with Crippen LogP contribution in [0.2, 0.25) is 0 Å². The Labute approximate surface area is 94.7 Å². The first-order valence-corrected chi connectivity index (χ1v) is 5.65. The normalized spacial score (nSPS) is 15.1. The first-order valence-electron chi connectivity index (χ1n) is 5.65. The van der Waals surface area contributed by atoms with Gasteiger partial charge in [0.25, 0.3) is 0 Å². The zero-order chi connectivity index (χ0) is 11.9. The molecule has 0 aliphatic heterocycles. The minimum Gasteiger partial charge on any atom is -0.384 e. The van der Waals surface area contributed by atoms with Crippen LogP contribution in [0.15, 0.2) is 12.2 Å². The molecule has 0 fully saturated rings. The maximum atomic E-state index is 5.37.